The molecule has 2 N–H and O–H groups in total. The first-order chi connectivity index (χ1) is 14.2. The average Bonchev–Trinajstić information content (AvgIpc) is 2.66. The van der Waals surface area contributed by atoms with Crippen molar-refractivity contribution in [2.75, 3.05) is 65.8 Å². The van der Waals surface area contributed by atoms with Crippen molar-refractivity contribution in [1.29, 1.82) is 0 Å². The highest BCUT2D eigenvalue weighted by Gasteiger charge is 2.22. The van der Waals surface area contributed by atoms with Gasteiger partial charge in [-0.05, 0) is 12.0 Å². The lowest BCUT2D eigenvalue weighted by Gasteiger charge is -2.27. The average molecular weight is 449 g/mol. The lowest BCUT2D eigenvalue weighted by atomic mass is 10.2. The number of hydrogen-bond donors (Lipinski definition) is 2. The fourth-order valence-corrected chi connectivity index (χ4v) is 2.82. The Kier molecular flexibility index (Phi) is 12.4. The number of nitrogens with one attached hydrogen (secondary N) is 1. The van der Waals surface area contributed by atoms with E-state index in [1.54, 1.807) is 19.4 Å². The third-order valence-electron chi connectivity index (χ3n) is 3.76. The molecule has 1 heterocycles. The summed E-state index contributed by atoms with van der Waals surface area (Å²) >= 11 is 0. The van der Waals surface area contributed by atoms with Crippen molar-refractivity contribution >= 4 is 19.5 Å². The van der Waals surface area contributed by atoms with Crippen LogP contribution in [0.25, 0.3) is 0 Å². The number of hydrogen-bond acceptors (Lipinski definition) is 9. The molecular weight excluding hydrogens is 413 g/mol. The summed E-state index contributed by atoms with van der Waals surface area (Å²) in [5, 5.41) is 3.12. The number of anilines is 1. The number of rotatable bonds is 16. The molecule has 0 spiro atoms. The maximum Gasteiger partial charge on any atom is 0.351 e. The normalized spacial score (nSPS) is 15.7. The van der Waals surface area contributed by atoms with E-state index in [1.165, 1.54) is 18.3 Å². The molecule has 30 heavy (non-hydrogen) atoms. The fourth-order valence-electron chi connectivity index (χ4n) is 2.33. The second kappa shape index (κ2) is 13.9. The second-order valence-corrected chi connectivity index (χ2v) is 9.72. The Morgan fingerprint density at radius 2 is 1.97 bits per heavy atom. The van der Waals surface area contributed by atoms with E-state index < -0.39 is 25.4 Å². The molecule has 11 heteroatoms. The number of nitrogens with zero attached hydrogens (tertiary/aromatic N) is 2. The topological polar surface area (TPSA) is 113 Å². The lowest BCUT2D eigenvalue weighted by Crippen LogP contribution is -2.36. The summed E-state index contributed by atoms with van der Waals surface area (Å²) < 4.78 is 28.6. The first-order valence-corrected chi connectivity index (χ1v) is 12.1. The molecule has 0 fully saturated rings. The van der Waals surface area contributed by atoms with Crippen LogP contribution < -0.4 is 11.0 Å². The smallest absolute Gasteiger partial charge is 0.351 e. The van der Waals surface area contributed by atoms with Crippen LogP contribution in [0, 0.1) is 5.92 Å². The highest BCUT2D eigenvalue weighted by Crippen LogP contribution is 2.36. The largest absolute Gasteiger partial charge is 0.382 e. The van der Waals surface area contributed by atoms with E-state index in [0.29, 0.717) is 31.5 Å². The zero-order chi connectivity index (χ0) is 22.6. The number of methoxy groups -OCH3 is 2. The molecule has 10 nitrogen and oxygen atoms in total. The molecule has 3 atom stereocenters. The van der Waals surface area contributed by atoms with Gasteiger partial charge in [0.05, 0.1) is 33.0 Å². The molecule has 0 saturated carbocycles. The Morgan fingerprint density at radius 3 is 2.53 bits per heavy atom. The van der Waals surface area contributed by atoms with Crippen molar-refractivity contribution in [2.24, 2.45) is 5.92 Å². The minimum Gasteiger partial charge on any atom is -0.382 e. The van der Waals surface area contributed by atoms with Gasteiger partial charge in [-0.25, -0.2) is 4.79 Å². The van der Waals surface area contributed by atoms with Gasteiger partial charge in [0.25, 0.3) is 0 Å². The maximum absolute atomic E-state index is 12.6. The van der Waals surface area contributed by atoms with Crippen LogP contribution in [-0.4, -0.2) is 87.3 Å². The van der Waals surface area contributed by atoms with Crippen LogP contribution in [0.1, 0.15) is 20.1 Å². The minimum absolute atomic E-state index is 0.0584. The van der Waals surface area contributed by atoms with Crippen LogP contribution in [0.5, 0.6) is 0 Å². The van der Waals surface area contributed by atoms with Gasteiger partial charge in [0, 0.05) is 33.6 Å². The third-order valence-corrected chi connectivity index (χ3v) is 4.47. The molecule has 0 radical (unpaired) electrons. The Labute approximate surface area is 178 Å². The van der Waals surface area contributed by atoms with E-state index in [4.69, 9.17) is 23.5 Å². The summed E-state index contributed by atoms with van der Waals surface area (Å²) in [5.41, 5.74) is -0.474. The van der Waals surface area contributed by atoms with Crippen LogP contribution in [0.3, 0.4) is 0 Å². The van der Waals surface area contributed by atoms with Gasteiger partial charge in [0.2, 0.25) is 0 Å². The monoisotopic (exact) mass is 449 g/mol. The molecule has 1 unspecified atom stereocenters. The number of ether oxygens (including phenoxy) is 4. The molecule has 0 bridgehead atoms. The highest BCUT2D eigenvalue weighted by atomic mass is 31.2. The van der Waals surface area contributed by atoms with Crippen LogP contribution in [-0.2, 0) is 23.5 Å². The summed E-state index contributed by atoms with van der Waals surface area (Å²) in [6.45, 7) is 7.48. The predicted molar refractivity (Wildman–Crippen MR) is 118 cm³/mol. The van der Waals surface area contributed by atoms with Gasteiger partial charge in [-0.3, -0.25) is 4.57 Å². The van der Waals surface area contributed by atoms with Gasteiger partial charge >= 0.3 is 5.69 Å². The van der Waals surface area contributed by atoms with Crippen LogP contribution in [0.15, 0.2) is 17.1 Å². The summed E-state index contributed by atoms with van der Waals surface area (Å²) in [7, 11) is 0.413. The first-order valence-electron chi connectivity index (χ1n) is 9.78. The Hall–Kier alpha value is -1.26. The zero-order valence-corrected chi connectivity index (χ0v) is 19.5. The Morgan fingerprint density at radius 1 is 1.23 bits per heavy atom. The molecule has 1 aromatic rings. The minimum atomic E-state index is -2.69. The van der Waals surface area contributed by atoms with Crippen molar-refractivity contribution in [1.82, 2.24) is 9.55 Å². The third kappa shape index (κ3) is 11.2. The van der Waals surface area contributed by atoms with Crippen molar-refractivity contribution in [3.63, 3.8) is 0 Å². The molecule has 0 aliphatic heterocycles. The van der Waals surface area contributed by atoms with Gasteiger partial charge in [0.15, 0.2) is 6.23 Å². The van der Waals surface area contributed by atoms with Gasteiger partial charge in [0.1, 0.15) is 19.3 Å². The van der Waals surface area contributed by atoms with Crippen LogP contribution in [0.2, 0.25) is 0 Å². The molecule has 174 valence electrons. The van der Waals surface area contributed by atoms with E-state index in [-0.39, 0.29) is 19.8 Å². The van der Waals surface area contributed by atoms with Gasteiger partial charge in [-0.2, -0.15) is 4.98 Å². The molecule has 0 aromatic carbocycles. The summed E-state index contributed by atoms with van der Waals surface area (Å²) in [6, 6.07) is 1.71. The SMILES string of the molecule is C=P(C)(O)OC[C@@H](COC)O[C@H](COCCOC)n1ccc(NCC(C)C)nc1=O. The fraction of sp³-hybridized carbons (Fsp3) is 0.737. The maximum atomic E-state index is 12.6. The number of aromatic nitrogens is 2. The molecule has 0 saturated heterocycles. The van der Waals surface area contributed by atoms with E-state index in [0.717, 1.165) is 0 Å². The van der Waals surface area contributed by atoms with E-state index >= 15 is 0 Å². The summed E-state index contributed by atoms with van der Waals surface area (Å²) in [5.74, 6) is 0.918. The van der Waals surface area contributed by atoms with Crippen molar-refractivity contribution in [2.45, 2.75) is 26.2 Å². The van der Waals surface area contributed by atoms with Gasteiger partial charge < -0.3 is 33.7 Å². The van der Waals surface area contributed by atoms with E-state index in [9.17, 15) is 9.69 Å². The lowest BCUT2D eigenvalue weighted by molar-refractivity contribution is -0.127. The molecule has 0 amide bonds. The summed E-state index contributed by atoms with van der Waals surface area (Å²) in [6.07, 6.45) is 3.89. The Bertz CT molecular complexity index is 708. The first kappa shape index (κ1) is 26.8. The van der Waals surface area contributed by atoms with Gasteiger partial charge in [-0.15, -0.1) is 0 Å². The molecule has 0 aliphatic rings. The molecule has 0 aliphatic carbocycles. The highest BCUT2D eigenvalue weighted by molar-refractivity contribution is 7.62. The van der Waals surface area contributed by atoms with E-state index in [1.807, 2.05) is 0 Å². The quantitative estimate of drug-likeness (QED) is 0.286. The molecule has 1 rings (SSSR count). The Balaban J connectivity index is 2.97. The van der Waals surface area contributed by atoms with Crippen molar-refractivity contribution < 1.29 is 28.4 Å². The van der Waals surface area contributed by atoms with Crippen molar-refractivity contribution in [3.05, 3.63) is 22.7 Å². The molecular formula is C19H36N3O7P. The molecule has 1 aromatic heterocycles. The van der Waals surface area contributed by atoms with E-state index in [2.05, 4.69) is 30.4 Å². The van der Waals surface area contributed by atoms with Crippen molar-refractivity contribution in [3.8, 4) is 0 Å². The summed E-state index contributed by atoms with van der Waals surface area (Å²) in [4.78, 5) is 26.5. The van der Waals surface area contributed by atoms with Crippen LogP contribution in [0.4, 0.5) is 5.82 Å². The second-order valence-electron chi connectivity index (χ2n) is 7.36. The van der Waals surface area contributed by atoms with Gasteiger partial charge in [-0.1, -0.05) is 20.1 Å². The predicted octanol–water partition coefficient (Wildman–Crippen LogP) is 1.42. The van der Waals surface area contributed by atoms with Crippen LogP contribution >= 0.6 is 7.34 Å². The zero-order valence-electron chi connectivity index (χ0n) is 18.6. The standard InChI is InChI=1S/C19H36N3O7P/c1-15(2)11-20-17-7-8-22(19(23)21-17)18(14-27-10-9-25-3)29-16(12-26-4)13-28-30(5,6)24/h7-8,15-16,18,24H,5,9-14H2,1-4,6H3,(H,20,21,23)/t16-,18-,30?/m1/s1.